The minimum absolute atomic E-state index is 0.216. The second kappa shape index (κ2) is 15.7. The third-order valence-corrected chi connectivity index (χ3v) is 4.87. The Balaban J connectivity index is 1.79. The summed E-state index contributed by atoms with van der Waals surface area (Å²) in [6.45, 7) is 4.31. The number of aryl methyl sites for hydroxylation is 1. The van der Waals surface area contributed by atoms with Gasteiger partial charge < -0.3 is 5.11 Å². The van der Waals surface area contributed by atoms with Gasteiger partial charge in [-0.15, -0.1) is 0 Å². The zero-order valence-corrected chi connectivity index (χ0v) is 16.1. The third-order valence-electron chi connectivity index (χ3n) is 4.87. The predicted molar refractivity (Wildman–Crippen MR) is 102 cm³/mol. The van der Waals surface area contributed by atoms with Crippen LogP contribution in [0.25, 0.3) is 0 Å². The average Bonchev–Trinajstić information content (AvgIpc) is 3.03. The van der Waals surface area contributed by atoms with Crippen molar-refractivity contribution in [2.75, 3.05) is 6.61 Å². The highest BCUT2D eigenvalue weighted by molar-refractivity contribution is 4.65. The second-order valence-electron chi connectivity index (χ2n) is 7.21. The summed E-state index contributed by atoms with van der Waals surface area (Å²) in [5, 5.41) is 8.91. The molecule has 1 N–H and O–H groups in total. The standard InChI is InChI=1S/C21H41N2O/c1-2-3-4-5-6-7-8-9-10-11-12-13-14-15-16-22-17-18-23(21-22)19-20-24/h17-18,21,24H,2-16,19-20H2,1H3/q+1. The van der Waals surface area contributed by atoms with Crippen LogP contribution in [0.5, 0.6) is 0 Å². The monoisotopic (exact) mass is 337 g/mol. The van der Waals surface area contributed by atoms with Gasteiger partial charge in [-0.2, -0.15) is 0 Å². The zero-order valence-electron chi connectivity index (χ0n) is 16.1. The summed E-state index contributed by atoms with van der Waals surface area (Å²) >= 11 is 0. The van der Waals surface area contributed by atoms with Gasteiger partial charge in [0.25, 0.3) is 0 Å². The highest BCUT2D eigenvalue weighted by Gasteiger charge is 2.02. The molecule has 0 atom stereocenters. The molecular weight excluding hydrogens is 296 g/mol. The second-order valence-corrected chi connectivity index (χ2v) is 7.21. The summed E-state index contributed by atoms with van der Waals surface area (Å²) < 4.78 is 4.28. The number of hydrogen-bond donors (Lipinski definition) is 1. The van der Waals surface area contributed by atoms with Gasteiger partial charge in [-0.05, 0) is 12.8 Å². The van der Waals surface area contributed by atoms with Crippen molar-refractivity contribution < 1.29 is 9.67 Å². The Kier molecular flexibility index (Phi) is 13.9. The summed E-state index contributed by atoms with van der Waals surface area (Å²) in [6.07, 6.45) is 26.0. The van der Waals surface area contributed by atoms with Crippen molar-refractivity contribution in [2.45, 2.75) is 110 Å². The Bertz CT molecular complexity index is 376. The Morgan fingerprint density at radius 3 is 1.75 bits per heavy atom. The topological polar surface area (TPSA) is 29.0 Å². The van der Waals surface area contributed by atoms with E-state index in [4.69, 9.17) is 5.11 Å². The van der Waals surface area contributed by atoms with Crippen LogP contribution in [0.15, 0.2) is 18.7 Å². The fourth-order valence-corrected chi connectivity index (χ4v) is 3.31. The molecule has 0 radical (unpaired) electrons. The number of aliphatic hydroxyl groups is 1. The molecule has 0 fully saturated rings. The van der Waals surface area contributed by atoms with Crippen LogP contribution in [-0.4, -0.2) is 16.3 Å². The Morgan fingerprint density at radius 1 is 0.750 bits per heavy atom. The number of imidazole rings is 1. The largest absolute Gasteiger partial charge is 0.392 e. The molecule has 0 unspecified atom stereocenters. The first kappa shape index (κ1) is 21.2. The maximum atomic E-state index is 8.91. The molecule has 0 aromatic carbocycles. The molecule has 24 heavy (non-hydrogen) atoms. The van der Waals surface area contributed by atoms with Crippen molar-refractivity contribution in [1.29, 1.82) is 0 Å². The first-order valence-corrected chi connectivity index (χ1v) is 10.5. The van der Waals surface area contributed by atoms with Crippen molar-refractivity contribution >= 4 is 0 Å². The van der Waals surface area contributed by atoms with Crippen molar-refractivity contribution in [3.63, 3.8) is 0 Å². The molecule has 0 aliphatic carbocycles. The molecule has 0 spiro atoms. The van der Waals surface area contributed by atoms with E-state index in [0.717, 1.165) is 6.54 Å². The summed E-state index contributed by atoms with van der Waals surface area (Å²) in [6, 6.07) is 0. The van der Waals surface area contributed by atoms with Gasteiger partial charge in [0.2, 0.25) is 6.33 Å². The fourth-order valence-electron chi connectivity index (χ4n) is 3.31. The first-order chi connectivity index (χ1) is 11.9. The lowest BCUT2D eigenvalue weighted by Crippen LogP contribution is -2.30. The third kappa shape index (κ3) is 11.7. The van der Waals surface area contributed by atoms with Gasteiger partial charge in [0.05, 0.1) is 13.2 Å². The maximum Gasteiger partial charge on any atom is 0.243 e. The molecule has 0 saturated heterocycles. The van der Waals surface area contributed by atoms with Crippen molar-refractivity contribution in [1.82, 2.24) is 4.57 Å². The van der Waals surface area contributed by atoms with Crippen LogP contribution in [0.3, 0.4) is 0 Å². The van der Waals surface area contributed by atoms with E-state index >= 15 is 0 Å². The number of rotatable bonds is 17. The maximum absolute atomic E-state index is 8.91. The molecule has 1 rings (SSSR count). The van der Waals surface area contributed by atoms with Gasteiger partial charge >= 0.3 is 0 Å². The summed E-state index contributed by atoms with van der Waals surface area (Å²) in [7, 11) is 0. The Morgan fingerprint density at radius 2 is 1.25 bits per heavy atom. The van der Waals surface area contributed by atoms with E-state index < -0.39 is 0 Å². The van der Waals surface area contributed by atoms with Crippen molar-refractivity contribution in [3.8, 4) is 0 Å². The molecule has 3 heteroatoms. The molecular formula is C21H41N2O+. The van der Waals surface area contributed by atoms with Crippen LogP contribution in [0, 0.1) is 0 Å². The van der Waals surface area contributed by atoms with Gasteiger partial charge in [0.1, 0.15) is 18.9 Å². The molecule has 1 aromatic rings. The molecule has 3 nitrogen and oxygen atoms in total. The van der Waals surface area contributed by atoms with Gasteiger partial charge in [-0.25, -0.2) is 9.13 Å². The van der Waals surface area contributed by atoms with E-state index in [1.54, 1.807) is 0 Å². The van der Waals surface area contributed by atoms with Crippen molar-refractivity contribution in [3.05, 3.63) is 18.7 Å². The molecule has 1 aromatic heterocycles. The van der Waals surface area contributed by atoms with Gasteiger partial charge in [-0.1, -0.05) is 84.0 Å². The smallest absolute Gasteiger partial charge is 0.243 e. The summed E-state index contributed by atoms with van der Waals surface area (Å²) in [5.74, 6) is 0. The molecule has 0 bridgehead atoms. The molecule has 0 saturated carbocycles. The van der Waals surface area contributed by atoms with Crippen LogP contribution >= 0.6 is 0 Å². The molecule has 1 heterocycles. The SMILES string of the molecule is CCCCCCCCCCCCCCCC[n+]1ccn(CCO)c1. The van der Waals surface area contributed by atoms with Crippen LogP contribution in [0.4, 0.5) is 0 Å². The number of nitrogens with zero attached hydrogens (tertiary/aromatic N) is 2. The highest BCUT2D eigenvalue weighted by Crippen LogP contribution is 2.12. The first-order valence-electron chi connectivity index (χ1n) is 10.5. The Hall–Kier alpha value is -0.830. The van der Waals surface area contributed by atoms with E-state index in [9.17, 15) is 0 Å². The average molecular weight is 338 g/mol. The van der Waals surface area contributed by atoms with E-state index in [0.29, 0.717) is 6.54 Å². The predicted octanol–water partition coefficient (Wildman–Crippen LogP) is 5.25. The fraction of sp³-hybridized carbons (Fsp3) is 0.857. The minimum Gasteiger partial charge on any atom is -0.392 e. The van der Waals surface area contributed by atoms with Gasteiger partial charge in [0.15, 0.2) is 0 Å². The molecule has 140 valence electrons. The molecule has 0 amide bonds. The summed E-state index contributed by atoms with van der Waals surface area (Å²) in [5.41, 5.74) is 0. The molecule has 0 aliphatic heterocycles. The van der Waals surface area contributed by atoms with E-state index in [2.05, 4.69) is 24.0 Å². The van der Waals surface area contributed by atoms with Gasteiger partial charge in [0, 0.05) is 0 Å². The summed E-state index contributed by atoms with van der Waals surface area (Å²) in [4.78, 5) is 0. The number of aliphatic hydroxyl groups excluding tert-OH is 1. The van der Waals surface area contributed by atoms with E-state index in [-0.39, 0.29) is 6.61 Å². The van der Waals surface area contributed by atoms with Crippen LogP contribution in [0.1, 0.15) is 96.8 Å². The normalized spacial score (nSPS) is 11.2. The number of aromatic nitrogens is 2. The lowest BCUT2D eigenvalue weighted by atomic mass is 10.0. The van der Waals surface area contributed by atoms with Crippen LogP contribution < -0.4 is 4.57 Å². The lowest BCUT2D eigenvalue weighted by Gasteiger charge is -2.03. The van der Waals surface area contributed by atoms with Crippen LogP contribution in [0.2, 0.25) is 0 Å². The number of hydrogen-bond acceptors (Lipinski definition) is 1. The quantitative estimate of drug-likeness (QED) is 0.305. The zero-order chi connectivity index (χ0) is 17.3. The lowest BCUT2D eigenvalue weighted by molar-refractivity contribution is -0.696. The highest BCUT2D eigenvalue weighted by atomic mass is 16.3. The van der Waals surface area contributed by atoms with E-state index in [1.807, 2.05) is 10.8 Å². The molecule has 0 aliphatic rings. The number of unbranched alkanes of at least 4 members (excludes halogenated alkanes) is 13. The van der Waals surface area contributed by atoms with E-state index in [1.165, 1.54) is 89.9 Å². The minimum atomic E-state index is 0.216. The Labute approximate surface area is 150 Å². The van der Waals surface area contributed by atoms with Gasteiger partial charge in [-0.3, -0.25) is 0 Å². The van der Waals surface area contributed by atoms with Crippen LogP contribution in [-0.2, 0) is 13.1 Å². The van der Waals surface area contributed by atoms with Crippen molar-refractivity contribution in [2.24, 2.45) is 0 Å².